The standard InChI is InChI=1S/C13H14FN/c1-3-15-10(2)7-8-13(15)11-5-4-6-12(14)9-11/h4-9H,3H2,1-2H3. The molecular formula is C13H14FN. The minimum absolute atomic E-state index is 0.186. The van der Waals surface area contributed by atoms with Gasteiger partial charge in [-0.3, -0.25) is 0 Å². The quantitative estimate of drug-likeness (QED) is 0.702. The van der Waals surface area contributed by atoms with Gasteiger partial charge in [-0.2, -0.15) is 0 Å². The molecular weight excluding hydrogens is 189 g/mol. The van der Waals surface area contributed by atoms with Crippen molar-refractivity contribution in [2.24, 2.45) is 0 Å². The van der Waals surface area contributed by atoms with Crippen LogP contribution in [0.3, 0.4) is 0 Å². The Bertz CT molecular complexity index is 471. The van der Waals surface area contributed by atoms with Crippen LogP contribution in [0.25, 0.3) is 11.3 Å². The molecule has 1 aromatic carbocycles. The summed E-state index contributed by atoms with van der Waals surface area (Å²) in [6.45, 7) is 5.06. The minimum atomic E-state index is -0.186. The first-order chi connectivity index (χ1) is 7.22. The van der Waals surface area contributed by atoms with Crippen molar-refractivity contribution in [2.45, 2.75) is 20.4 Å². The summed E-state index contributed by atoms with van der Waals surface area (Å²) in [5.74, 6) is -0.186. The Morgan fingerprint density at radius 2 is 2.00 bits per heavy atom. The molecule has 0 aliphatic rings. The Labute approximate surface area is 89.2 Å². The highest BCUT2D eigenvalue weighted by atomic mass is 19.1. The van der Waals surface area contributed by atoms with Crippen LogP contribution in [-0.4, -0.2) is 4.57 Å². The average Bonchev–Trinajstić information content (AvgIpc) is 2.59. The number of rotatable bonds is 2. The highest BCUT2D eigenvalue weighted by molar-refractivity contribution is 5.60. The normalized spacial score (nSPS) is 10.6. The van der Waals surface area contributed by atoms with Gasteiger partial charge in [0.25, 0.3) is 0 Å². The maximum absolute atomic E-state index is 13.1. The lowest BCUT2D eigenvalue weighted by molar-refractivity contribution is 0.628. The molecule has 0 spiro atoms. The molecule has 0 N–H and O–H groups in total. The Hall–Kier alpha value is -1.57. The van der Waals surface area contributed by atoms with E-state index in [2.05, 4.69) is 24.5 Å². The van der Waals surface area contributed by atoms with Crippen molar-refractivity contribution in [3.8, 4) is 11.3 Å². The summed E-state index contributed by atoms with van der Waals surface area (Å²) in [7, 11) is 0. The van der Waals surface area contributed by atoms with Crippen molar-refractivity contribution in [3.05, 3.63) is 47.9 Å². The fourth-order valence-corrected chi connectivity index (χ4v) is 1.89. The molecule has 0 fully saturated rings. The zero-order valence-corrected chi connectivity index (χ0v) is 9.00. The predicted molar refractivity (Wildman–Crippen MR) is 60.2 cm³/mol. The van der Waals surface area contributed by atoms with E-state index >= 15 is 0 Å². The summed E-state index contributed by atoms with van der Waals surface area (Å²) in [5.41, 5.74) is 3.22. The number of hydrogen-bond donors (Lipinski definition) is 0. The van der Waals surface area contributed by atoms with Crippen LogP contribution in [0.1, 0.15) is 12.6 Å². The molecule has 1 nitrogen and oxygen atoms in total. The maximum Gasteiger partial charge on any atom is 0.123 e. The van der Waals surface area contributed by atoms with Crippen LogP contribution in [0, 0.1) is 12.7 Å². The van der Waals surface area contributed by atoms with Gasteiger partial charge >= 0.3 is 0 Å². The molecule has 0 bridgehead atoms. The van der Waals surface area contributed by atoms with Gasteiger partial charge in [-0.15, -0.1) is 0 Å². The van der Waals surface area contributed by atoms with Crippen LogP contribution >= 0.6 is 0 Å². The van der Waals surface area contributed by atoms with Crippen molar-refractivity contribution in [1.82, 2.24) is 4.57 Å². The summed E-state index contributed by atoms with van der Waals surface area (Å²) in [5, 5.41) is 0. The summed E-state index contributed by atoms with van der Waals surface area (Å²) >= 11 is 0. The van der Waals surface area contributed by atoms with Crippen molar-refractivity contribution >= 4 is 0 Å². The van der Waals surface area contributed by atoms with Gasteiger partial charge in [0.1, 0.15) is 5.82 Å². The fraction of sp³-hybridized carbons (Fsp3) is 0.231. The van der Waals surface area contributed by atoms with Gasteiger partial charge in [-0.05, 0) is 38.1 Å². The molecule has 0 unspecified atom stereocenters. The highest BCUT2D eigenvalue weighted by Crippen LogP contribution is 2.22. The average molecular weight is 203 g/mol. The molecule has 0 radical (unpaired) electrons. The Kier molecular flexibility index (Phi) is 2.58. The summed E-state index contributed by atoms with van der Waals surface area (Å²) in [6.07, 6.45) is 0. The van der Waals surface area contributed by atoms with Crippen LogP contribution in [0.4, 0.5) is 4.39 Å². The topological polar surface area (TPSA) is 4.93 Å². The first-order valence-corrected chi connectivity index (χ1v) is 5.14. The van der Waals surface area contributed by atoms with Gasteiger partial charge in [-0.25, -0.2) is 4.39 Å². The van der Waals surface area contributed by atoms with E-state index in [1.54, 1.807) is 12.1 Å². The first kappa shape index (κ1) is 9.97. The van der Waals surface area contributed by atoms with Gasteiger partial charge in [0, 0.05) is 23.5 Å². The number of nitrogens with zero attached hydrogens (tertiary/aromatic N) is 1. The van der Waals surface area contributed by atoms with Gasteiger partial charge in [0.15, 0.2) is 0 Å². The van der Waals surface area contributed by atoms with E-state index in [1.807, 2.05) is 12.1 Å². The van der Waals surface area contributed by atoms with Gasteiger partial charge in [-0.1, -0.05) is 12.1 Å². The molecule has 15 heavy (non-hydrogen) atoms. The molecule has 0 atom stereocenters. The zero-order chi connectivity index (χ0) is 10.8. The Morgan fingerprint density at radius 1 is 1.20 bits per heavy atom. The van der Waals surface area contributed by atoms with E-state index in [0.717, 1.165) is 17.8 Å². The Morgan fingerprint density at radius 3 is 2.67 bits per heavy atom. The molecule has 0 amide bonds. The maximum atomic E-state index is 13.1. The highest BCUT2D eigenvalue weighted by Gasteiger charge is 2.06. The number of aromatic nitrogens is 1. The third-order valence-electron chi connectivity index (χ3n) is 2.64. The molecule has 0 saturated heterocycles. The second kappa shape index (κ2) is 3.89. The largest absolute Gasteiger partial charge is 0.345 e. The lowest BCUT2D eigenvalue weighted by atomic mass is 10.1. The number of benzene rings is 1. The van der Waals surface area contributed by atoms with Gasteiger partial charge in [0.2, 0.25) is 0 Å². The van der Waals surface area contributed by atoms with Crippen molar-refractivity contribution in [2.75, 3.05) is 0 Å². The zero-order valence-electron chi connectivity index (χ0n) is 9.00. The third-order valence-corrected chi connectivity index (χ3v) is 2.64. The van der Waals surface area contributed by atoms with E-state index in [-0.39, 0.29) is 5.82 Å². The van der Waals surface area contributed by atoms with Crippen molar-refractivity contribution in [3.63, 3.8) is 0 Å². The number of hydrogen-bond acceptors (Lipinski definition) is 0. The second-order valence-electron chi connectivity index (χ2n) is 3.61. The minimum Gasteiger partial charge on any atom is -0.345 e. The fourth-order valence-electron chi connectivity index (χ4n) is 1.89. The number of aryl methyl sites for hydroxylation is 1. The lowest BCUT2D eigenvalue weighted by Gasteiger charge is -2.08. The summed E-state index contributed by atoms with van der Waals surface area (Å²) in [6, 6.07) is 10.8. The molecule has 0 aliphatic carbocycles. The van der Waals surface area contributed by atoms with E-state index in [1.165, 1.54) is 11.8 Å². The number of halogens is 1. The van der Waals surface area contributed by atoms with Crippen LogP contribution in [0.5, 0.6) is 0 Å². The van der Waals surface area contributed by atoms with E-state index in [4.69, 9.17) is 0 Å². The van der Waals surface area contributed by atoms with Crippen LogP contribution in [-0.2, 0) is 6.54 Å². The lowest BCUT2D eigenvalue weighted by Crippen LogP contribution is -1.98. The predicted octanol–water partition coefficient (Wildman–Crippen LogP) is 3.62. The summed E-state index contributed by atoms with van der Waals surface area (Å²) in [4.78, 5) is 0. The molecule has 1 aromatic heterocycles. The van der Waals surface area contributed by atoms with Crippen molar-refractivity contribution < 1.29 is 4.39 Å². The molecule has 78 valence electrons. The Balaban J connectivity index is 2.54. The third kappa shape index (κ3) is 1.80. The molecule has 2 rings (SSSR count). The van der Waals surface area contributed by atoms with Crippen LogP contribution < -0.4 is 0 Å². The second-order valence-corrected chi connectivity index (χ2v) is 3.61. The van der Waals surface area contributed by atoms with E-state index < -0.39 is 0 Å². The summed E-state index contributed by atoms with van der Waals surface area (Å²) < 4.78 is 15.3. The van der Waals surface area contributed by atoms with Crippen molar-refractivity contribution in [1.29, 1.82) is 0 Å². The van der Waals surface area contributed by atoms with E-state index in [9.17, 15) is 4.39 Å². The smallest absolute Gasteiger partial charge is 0.123 e. The molecule has 2 aromatic rings. The van der Waals surface area contributed by atoms with Gasteiger partial charge in [0.05, 0.1) is 0 Å². The van der Waals surface area contributed by atoms with Gasteiger partial charge < -0.3 is 4.57 Å². The van der Waals surface area contributed by atoms with Crippen LogP contribution in [0.2, 0.25) is 0 Å². The monoisotopic (exact) mass is 203 g/mol. The molecule has 1 heterocycles. The van der Waals surface area contributed by atoms with Crippen LogP contribution in [0.15, 0.2) is 36.4 Å². The van der Waals surface area contributed by atoms with E-state index in [0.29, 0.717) is 0 Å². The first-order valence-electron chi connectivity index (χ1n) is 5.14. The molecule has 2 heteroatoms. The SMILES string of the molecule is CCn1c(C)ccc1-c1cccc(F)c1. The molecule has 0 saturated carbocycles. The molecule has 0 aliphatic heterocycles.